The molecule has 31 heavy (non-hydrogen) atoms. The van der Waals surface area contributed by atoms with E-state index in [0.29, 0.717) is 23.4 Å². The standard InChI is InChI=1S/C26H27N3O2/c1-29-14-12-26(13-15-29,21-9-4-3-5-10-21)18-28-25(30)23-22-11-7-6-8-19(22)16-20(17-27)24(23)31-2/h3-11,16H,12-15,18H2,1-2H3,(H,28,30). The van der Waals surface area contributed by atoms with Crippen molar-refractivity contribution in [1.29, 1.82) is 5.26 Å². The Labute approximate surface area is 183 Å². The quantitative estimate of drug-likeness (QED) is 0.684. The lowest BCUT2D eigenvalue weighted by atomic mass is 9.72. The van der Waals surface area contributed by atoms with Crippen LogP contribution < -0.4 is 10.1 Å². The molecule has 0 saturated carbocycles. The summed E-state index contributed by atoms with van der Waals surface area (Å²) in [5, 5.41) is 14.4. The van der Waals surface area contributed by atoms with E-state index >= 15 is 0 Å². The fourth-order valence-electron chi connectivity index (χ4n) is 4.59. The SMILES string of the molecule is COc1c(C#N)cc2ccccc2c1C(=O)NCC1(c2ccccc2)CCN(C)CC1. The van der Waals surface area contributed by atoms with Crippen LogP contribution in [0.5, 0.6) is 5.75 Å². The first-order valence-corrected chi connectivity index (χ1v) is 10.6. The van der Waals surface area contributed by atoms with Gasteiger partial charge in [0.2, 0.25) is 0 Å². The maximum absolute atomic E-state index is 13.5. The molecule has 0 aliphatic carbocycles. The van der Waals surface area contributed by atoms with Crippen LogP contribution >= 0.6 is 0 Å². The Bertz CT molecular complexity index is 1130. The predicted octanol–water partition coefficient (Wildman–Crippen LogP) is 4.11. The van der Waals surface area contributed by atoms with E-state index in [-0.39, 0.29) is 11.3 Å². The highest BCUT2D eigenvalue weighted by atomic mass is 16.5. The van der Waals surface area contributed by atoms with E-state index < -0.39 is 0 Å². The molecule has 5 heteroatoms. The largest absolute Gasteiger partial charge is 0.495 e. The third-order valence-corrected chi connectivity index (χ3v) is 6.47. The number of ether oxygens (including phenoxy) is 1. The van der Waals surface area contributed by atoms with Gasteiger partial charge >= 0.3 is 0 Å². The molecule has 1 aliphatic heterocycles. The molecule has 3 aromatic rings. The number of carbonyl (C=O) groups is 1. The number of methoxy groups -OCH3 is 1. The summed E-state index contributed by atoms with van der Waals surface area (Å²) in [4.78, 5) is 15.8. The first-order valence-electron chi connectivity index (χ1n) is 10.6. The zero-order valence-electron chi connectivity index (χ0n) is 18.0. The highest BCUT2D eigenvalue weighted by molar-refractivity contribution is 6.10. The number of fused-ring (bicyclic) bond motifs is 1. The van der Waals surface area contributed by atoms with Crippen LogP contribution in [-0.4, -0.2) is 44.6 Å². The van der Waals surface area contributed by atoms with Gasteiger partial charge in [-0.25, -0.2) is 0 Å². The Kier molecular flexibility index (Phi) is 5.92. The van der Waals surface area contributed by atoms with Crippen molar-refractivity contribution < 1.29 is 9.53 Å². The second-order valence-corrected chi connectivity index (χ2v) is 8.30. The third kappa shape index (κ3) is 3.99. The molecule has 0 aromatic heterocycles. The maximum Gasteiger partial charge on any atom is 0.255 e. The number of nitriles is 1. The van der Waals surface area contributed by atoms with Crippen LogP contribution in [0, 0.1) is 11.3 Å². The molecule has 158 valence electrons. The fraction of sp³-hybridized carbons (Fsp3) is 0.308. The van der Waals surface area contributed by atoms with Gasteiger partial charge in [0.05, 0.1) is 18.2 Å². The summed E-state index contributed by atoms with van der Waals surface area (Å²) in [5.41, 5.74) is 1.93. The molecule has 0 spiro atoms. The first kappa shape index (κ1) is 20.9. The second-order valence-electron chi connectivity index (χ2n) is 8.30. The summed E-state index contributed by atoms with van der Waals surface area (Å²) in [5.74, 6) is 0.121. The van der Waals surface area contributed by atoms with Crippen molar-refractivity contribution in [3.05, 3.63) is 77.4 Å². The second kappa shape index (κ2) is 8.79. The van der Waals surface area contributed by atoms with Crippen molar-refractivity contribution in [3.8, 4) is 11.8 Å². The van der Waals surface area contributed by atoms with Crippen molar-refractivity contribution in [3.63, 3.8) is 0 Å². The summed E-state index contributed by atoms with van der Waals surface area (Å²) in [6, 6.07) is 22.0. The number of hydrogen-bond donors (Lipinski definition) is 1. The molecule has 0 bridgehead atoms. The summed E-state index contributed by atoms with van der Waals surface area (Å²) in [6.45, 7) is 2.51. The van der Waals surface area contributed by atoms with Crippen LogP contribution in [0.2, 0.25) is 0 Å². The molecule has 1 amide bonds. The summed E-state index contributed by atoms with van der Waals surface area (Å²) in [6.07, 6.45) is 1.95. The molecular formula is C26H27N3O2. The normalized spacial score (nSPS) is 15.9. The maximum atomic E-state index is 13.5. The van der Waals surface area contributed by atoms with Gasteiger partial charge in [0.15, 0.2) is 0 Å². The van der Waals surface area contributed by atoms with Crippen molar-refractivity contribution in [2.24, 2.45) is 0 Å². The topological polar surface area (TPSA) is 65.4 Å². The smallest absolute Gasteiger partial charge is 0.255 e. The molecule has 5 nitrogen and oxygen atoms in total. The molecule has 1 N–H and O–H groups in total. The number of rotatable bonds is 5. The van der Waals surface area contributed by atoms with E-state index in [1.807, 2.05) is 30.3 Å². The highest BCUT2D eigenvalue weighted by Crippen LogP contribution is 2.36. The minimum absolute atomic E-state index is 0.112. The van der Waals surface area contributed by atoms with Crippen LogP contribution in [0.1, 0.15) is 34.3 Å². The molecule has 0 radical (unpaired) electrons. The third-order valence-electron chi connectivity index (χ3n) is 6.47. The Morgan fingerprint density at radius 1 is 1.13 bits per heavy atom. The van der Waals surface area contributed by atoms with Crippen molar-refractivity contribution in [1.82, 2.24) is 10.2 Å². The van der Waals surface area contributed by atoms with Crippen LogP contribution in [-0.2, 0) is 5.41 Å². The number of amides is 1. The van der Waals surface area contributed by atoms with Crippen LogP contribution in [0.4, 0.5) is 0 Å². The van der Waals surface area contributed by atoms with Gasteiger partial charge in [-0.05, 0) is 55.4 Å². The number of hydrogen-bond acceptors (Lipinski definition) is 4. The molecule has 0 unspecified atom stereocenters. The summed E-state index contributed by atoms with van der Waals surface area (Å²) in [7, 11) is 3.64. The number of carbonyl (C=O) groups excluding carboxylic acids is 1. The number of piperidine rings is 1. The van der Waals surface area contributed by atoms with Crippen LogP contribution in [0.15, 0.2) is 60.7 Å². The van der Waals surface area contributed by atoms with Gasteiger partial charge in [0.25, 0.3) is 5.91 Å². The Morgan fingerprint density at radius 3 is 2.48 bits per heavy atom. The molecule has 1 aliphatic rings. The number of nitrogens with one attached hydrogen (secondary N) is 1. The number of likely N-dealkylation sites (tertiary alicyclic amines) is 1. The van der Waals surface area contributed by atoms with E-state index in [1.54, 1.807) is 6.07 Å². The van der Waals surface area contributed by atoms with E-state index in [4.69, 9.17) is 4.74 Å². The zero-order chi connectivity index (χ0) is 21.8. The van der Waals surface area contributed by atoms with Gasteiger partial charge in [0.1, 0.15) is 11.8 Å². The number of nitrogens with zero attached hydrogens (tertiary/aromatic N) is 2. The lowest BCUT2D eigenvalue weighted by Crippen LogP contribution is -2.48. The van der Waals surface area contributed by atoms with Crippen LogP contribution in [0.25, 0.3) is 10.8 Å². The van der Waals surface area contributed by atoms with E-state index in [2.05, 4.69) is 47.6 Å². The van der Waals surface area contributed by atoms with E-state index in [1.165, 1.54) is 12.7 Å². The Morgan fingerprint density at radius 2 is 1.81 bits per heavy atom. The van der Waals surface area contributed by atoms with Gasteiger partial charge in [0, 0.05) is 12.0 Å². The average molecular weight is 414 g/mol. The molecule has 1 saturated heterocycles. The van der Waals surface area contributed by atoms with Gasteiger partial charge in [-0.3, -0.25) is 4.79 Å². The van der Waals surface area contributed by atoms with Crippen LogP contribution in [0.3, 0.4) is 0 Å². The minimum atomic E-state index is -0.209. The summed E-state index contributed by atoms with van der Waals surface area (Å²) < 4.78 is 5.52. The number of benzene rings is 3. The molecule has 1 heterocycles. The molecule has 0 atom stereocenters. The lowest BCUT2D eigenvalue weighted by molar-refractivity contribution is 0.0926. The highest BCUT2D eigenvalue weighted by Gasteiger charge is 2.36. The monoisotopic (exact) mass is 413 g/mol. The van der Waals surface area contributed by atoms with E-state index in [0.717, 1.165) is 36.7 Å². The lowest BCUT2D eigenvalue weighted by Gasteiger charge is -2.41. The van der Waals surface area contributed by atoms with Crippen molar-refractivity contribution >= 4 is 16.7 Å². The zero-order valence-corrected chi connectivity index (χ0v) is 18.0. The molecule has 3 aromatic carbocycles. The Balaban J connectivity index is 1.69. The first-order chi connectivity index (χ1) is 15.1. The molecular weight excluding hydrogens is 386 g/mol. The van der Waals surface area contributed by atoms with Gasteiger partial charge in [-0.2, -0.15) is 5.26 Å². The Hall–Kier alpha value is -3.36. The van der Waals surface area contributed by atoms with Crippen molar-refractivity contribution in [2.45, 2.75) is 18.3 Å². The molecule has 1 fully saturated rings. The van der Waals surface area contributed by atoms with Gasteiger partial charge in [-0.1, -0.05) is 54.6 Å². The van der Waals surface area contributed by atoms with E-state index in [9.17, 15) is 10.1 Å². The minimum Gasteiger partial charge on any atom is -0.495 e. The van der Waals surface area contributed by atoms with Gasteiger partial charge < -0.3 is 15.0 Å². The fourth-order valence-corrected chi connectivity index (χ4v) is 4.59. The average Bonchev–Trinajstić information content (AvgIpc) is 2.83. The van der Waals surface area contributed by atoms with Gasteiger partial charge in [-0.15, -0.1) is 0 Å². The molecule has 4 rings (SSSR count). The summed E-state index contributed by atoms with van der Waals surface area (Å²) >= 11 is 0. The van der Waals surface area contributed by atoms with Crippen molar-refractivity contribution in [2.75, 3.05) is 33.8 Å². The predicted molar refractivity (Wildman–Crippen MR) is 122 cm³/mol.